The lowest BCUT2D eigenvalue weighted by Crippen LogP contribution is -2.59. The minimum absolute atomic E-state index is 0.00319. The van der Waals surface area contributed by atoms with Crippen LogP contribution in [0, 0.1) is 23.7 Å². The van der Waals surface area contributed by atoms with Crippen molar-refractivity contribution in [2.75, 3.05) is 66.7 Å². The first kappa shape index (κ1) is 54.5. The number of carbonyl (C=O) groups excluding carboxylic acids is 5. The van der Waals surface area contributed by atoms with Gasteiger partial charge in [-0.2, -0.15) is 0 Å². The molecule has 10 atom stereocenters. The number of thiol groups is 1. The number of carbonyl (C=O) groups is 5. The summed E-state index contributed by atoms with van der Waals surface area (Å²) >= 11 is 0. The maximum atomic E-state index is 14.4. The molecule has 0 aromatic heterocycles. The maximum Gasteiger partial charge on any atom is 0.407 e. The number of nitrogens with zero attached hydrogens (tertiary/aromatic N) is 3. The summed E-state index contributed by atoms with van der Waals surface area (Å²) in [5.41, 5.74) is 0.704. The molecule has 1 aromatic rings. The van der Waals surface area contributed by atoms with Crippen LogP contribution in [0.15, 0.2) is 30.3 Å². The molecular formula is C46H82N6O9S. The van der Waals surface area contributed by atoms with Gasteiger partial charge >= 0.3 is 6.09 Å². The van der Waals surface area contributed by atoms with Gasteiger partial charge in [0.25, 0.3) is 0 Å². The number of hydrogen-bond acceptors (Lipinski definition) is 10. The SMILES string of the molecule is CC[C@H](C)[C@@H]([C@@H](CC(=O)N1CCC[C@H]1[C@H](OC)[C@@H](C)C(=O)N[C@H](C)[C@@H](OC(=O)NCCC[SH](C)(C)=O)c1ccccc1)OC)N(C)C(=O)[C@@H](NC(=O)C(C(C)C)N(C)C)C(C)C. The first-order chi connectivity index (χ1) is 29.0. The summed E-state index contributed by atoms with van der Waals surface area (Å²) in [5, 5.41) is 8.83. The van der Waals surface area contributed by atoms with Gasteiger partial charge in [-0.3, -0.25) is 28.3 Å². The van der Waals surface area contributed by atoms with Crippen molar-refractivity contribution in [3.8, 4) is 0 Å². The molecule has 5 amide bonds. The van der Waals surface area contributed by atoms with Crippen LogP contribution in [-0.2, 0) is 43.3 Å². The molecule has 2 rings (SSSR count). The topological polar surface area (TPSA) is 176 Å². The van der Waals surface area contributed by atoms with Crippen molar-refractivity contribution in [1.29, 1.82) is 0 Å². The molecule has 1 saturated heterocycles. The van der Waals surface area contributed by atoms with Gasteiger partial charge in [-0.25, -0.2) is 4.79 Å². The Bertz CT molecular complexity index is 1620. The van der Waals surface area contributed by atoms with E-state index in [0.717, 1.165) is 12.8 Å². The fraction of sp³-hybridized carbons (Fsp3) is 0.761. The van der Waals surface area contributed by atoms with Gasteiger partial charge in [0.15, 0.2) is 0 Å². The average Bonchev–Trinajstić information content (AvgIpc) is 3.69. The molecule has 0 radical (unpaired) electrons. The van der Waals surface area contributed by atoms with Gasteiger partial charge in [0, 0.05) is 40.1 Å². The van der Waals surface area contributed by atoms with Crippen LogP contribution in [0.5, 0.6) is 0 Å². The highest BCUT2D eigenvalue weighted by atomic mass is 32.2. The standard InChI is InChI=1S/C46H82N6O9S/c1-16-31(6)40(51(11)45(56)38(29(2)3)49-44(55)39(30(4)5)50(9)10)36(59-12)28-37(53)52-26-20-24-35(52)41(60-13)32(7)43(54)48-33(8)42(34-22-18-17-19-23-34)61-46(57)47-25-21-27-62(14,15)58/h17-19,22-23,29-33,35-36,38-42,62H,16,20-21,24-28H2,1-15H3,(H,47,57)(H,48,54)(H,49,55)/t31-,32+,33+,35-,36+,38-,39?,40-,41+,42+/m0/s1. The Labute approximate surface area is 373 Å². The molecule has 1 aliphatic rings. The van der Waals surface area contributed by atoms with Crippen molar-refractivity contribution in [2.24, 2.45) is 23.7 Å². The largest absolute Gasteiger partial charge is 0.439 e. The first-order valence-electron chi connectivity index (χ1n) is 22.4. The summed E-state index contributed by atoms with van der Waals surface area (Å²) in [6.07, 6.45) is 3.29. The van der Waals surface area contributed by atoms with Crippen molar-refractivity contribution in [3.63, 3.8) is 0 Å². The van der Waals surface area contributed by atoms with Gasteiger partial charge in [0.05, 0.1) is 48.7 Å². The molecular weight excluding hydrogens is 813 g/mol. The minimum atomic E-state index is -2.21. The average molecular weight is 895 g/mol. The number of rotatable bonds is 25. The molecule has 0 aliphatic carbocycles. The van der Waals surface area contributed by atoms with E-state index < -0.39 is 70.5 Å². The zero-order chi connectivity index (χ0) is 47.1. The quantitative estimate of drug-likeness (QED) is 0.0820. The van der Waals surface area contributed by atoms with E-state index in [1.165, 1.54) is 0 Å². The zero-order valence-electron chi connectivity index (χ0n) is 40.4. The molecule has 0 bridgehead atoms. The summed E-state index contributed by atoms with van der Waals surface area (Å²) < 4.78 is 30.0. The molecule has 1 aromatic carbocycles. The van der Waals surface area contributed by atoms with Gasteiger partial charge < -0.3 is 40.0 Å². The van der Waals surface area contributed by atoms with Crippen molar-refractivity contribution >= 4 is 39.7 Å². The van der Waals surface area contributed by atoms with Crippen LogP contribution < -0.4 is 16.0 Å². The third-order valence-corrected chi connectivity index (χ3v) is 13.7. The van der Waals surface area contributed by atoms with Gasteiger partial charge in [-0.1, -0.05) is 85.2 Å². The first-order valence-corrected chi connectivity index (χ1v) is 25.2. The molecule has 0 spiro atoms. The monoisotopic (exact) mass is 895 g/mol. The number of likely N-dealkylation sites (N-methyl/N-ethyl adjacent to an activating group) is 2. The summed E-state index contributed by atoms with van der Waals surface area (Å²) in [4.78, 5) is 74.4. The fourth-order valence-electron chi connectivity index (χ4n) is 8.75. The third-order valence-electron chi connectivity index (χ3n) is 12.3. The molecule has 356 valence electrons. The van der Waals surface area contributed by atoms with E-state index in [1.54, 1.807) is 57.4 Å². The Balaban J connectivity index is 2.26. The van der Waals surface area contributed by atoms with Crippen LogP contribution in [0.3, 0.4) is 0 Å². The summed E-state index contributed by atoms with van der Waals surface area (Å²) in [6.45, 7) is 16.2. The van der Waals surface area contributed by atoms with Crippen molar-refractivity contribution in [3.05, 3.63) is 35.9 Å². The number of ether oxygens (including phenoxy) is 3. The molecule has 0 saturated carbocycles. The van der Waals surface area contributed by atoms with Crippen LogP contribution in [-0.4, -0.2) is 158 Å². The second kappa shape index (κ2) is 25.6. The molecule has 1 fully saturated rings. The van der Waals surface area contributed by atoms with E-state index >= 15 is 0 Å². The second-order valence-electron chi connectivity index (χ2n) is 18.6. The highest BCUT2D eigenvalue weighted by Crippen LogP contribution is 2.30. The van der Waals surface area contributed by atoms with E-state index in [0.29, 0.717) is 37.2 Å². The molecule has 62 heavy (non-hydrogen) atoms. The zero-order valence-corrected chi connectivity index (χ0v) is 41.3. The van der Waals surface area contributed by atoms with Gasteiger partial charge in [-0.15, -0.1) is 9.93 Å². The van der Waals surface area contributed by atoms with E-state index in [2.05, 4.69) is 16.0 Å². The third kappa shape index (κ3) is 15.9. The predicted octanol–water partition coefficient (Wildman–Crippen LogP) is 4.27. The fourth-order valence-corrected chi connectivity index (χ4v) is 9.67. The van der Waals surface area contributed by atoms with E-state index in [9.17, 15) is 28.2 Å². The Morgan fingerprint density at radius 2 is 1.52 bits per heavy atom. The highest BCUT2D eigenvalue weighted by molar-refractivity contribution is 8.01. The highest BCUT2D eigenvalue weighted by Gasteiger charge is 2.43. The van der Waals surface area contributed by atoms with Gasteiger partial charge in [0.2, 0.25) is 23.6 Å². The maximum absolute atomic E-state index is 14.4. The normalized spacial score (nSPS) is 19.1. The lowest BCUT2D eigenvalue weighted by molar-refractivity contribution is -0.148. The van der Waals surface area contributed by atoms with Gasteiger partial charge in [-0.05, 0) is 76.1 Å². The molecule has 3 N–H and O–H groups in total. The number of amides is 5. The van der Waals surface area contributed by atoms with Crippen LogP contribution in [0.25, 0.3) is 0 Å². The number of benzene rings is 1. The number of hydrogen-bond donors (Lipinski definition) is 4. The summed E-state index contributed by atoms with van der Waals surface area (Å²) in [7, 11) is 6.31. The van der Waals surface area contributed by atoms with Crippen LogP contribution >= 0.6 is 0 Å². The summed E-state index contributed by atoms with van der Waals surface area (Å²) in [5.74, 6) is -1.34. The van der Waals surface area contributed by atoms with Crippen molar-refractivity contribution in [1.82, 2.24) is 30.7 Å². The molecule has 16 heteroatoms. The van der Waals surface area contributed by atoms with Crippen molar-refractivity contribution < 1.29 is 42.4 Å². The number of methoxy groups -OCH3 is 2. The van der Waals surface area contributed by atoms with Crippen LogP contribution in [0.2, 0.25) is 0 Å². The Hall–Kier alpha value is -3.60. The van der Waals surface area contributed by atoms with E-state index in [1.807, 2.05) is 90.9 Å². The molecule has 1 aliphatic heterocycles. The molecule has 15 nitrogen and oxygen atoms in total. The van der Waals surface area contributed by atoms with Crippen molar-refractivity contribution in [2.45, 2.75) is 136 Å². The number of alkyl carbamates (subject to hydrolysis) is 1. The Kier molecular flexibility index (Phi) is 22.5. The predicted molar refractivity (Wildman–Crippen MR) is 247 cm³/mol. The minimum Gasteiger partial charge on any atom is -0.439 e. The molecule has 1 heterocycles. The van der Waals surface area contributed by atoms with Crippen LogP contribution in [0.1, 0.15) is 99.2 Å². The Morgan fingerprint density at radius 1 is 0.887 bits per heavy atom. The molecule has 1 unspecified atom stereocenters. The lowest BCUT2D eigenvalue weighted by atomic mass is 9.89. The smallest absolute Gasteiger partial charge is 0.407 e. The van der Waals surface area contributed by atoms with E-state index in [-0.39, 0.29) is 47.8 Å². The van der Waals surface area contributed by atoms with Crippen LogP contribution in [0.4, 0.5) is 4.79 Å². The Morgan fingerprint density at radius 3 is 2.03 bits per heavy atom. The lowest BCUT2D eigenvalue weighted by Gasteiger charge is -2.41. The van der Waals surface area contributed by atoms with Gasteiger partial charge in [0.1, 0.15) is 12.1 Å². The second-order valence-corrected chi connectivity index (χ2v) is 22.2. The number of likely N-dealkylation sites (tertiary alicyclic amines) is 1. The number of nitrogens with one attached hydrogen (secondary N) is 3. The summed E-state index contributed by atoms with van der Waals surface area (Å²) in [6, 6.07) is 6.48. The van der Waals surface area contributed by atoms with E-state index in [4.69, 9.17) is 14.2 Å².